The van der Waals surface area contributed by atoms with Gasteiger partial charge >= 0.3 is 5.97 Å². The van der Waals surface area contributed by atoms with Crippen LogP contribution in [0, 0.1) is 11.3 Å². The smallest absolute Gasteiger partial charge is 0.336 e. The minimum Gasteiger partial charge on any atom is -0.494 e. The summed E-state index contributed by atoms with van der Waals surface area (Å²) in [5, 5.41) is 10.8. The van der Waals surface area contributed by atoms with Crippen molar-refractivity contribution in [2.75, 3.05) is 6.61 Å². The lowest BCUT2D eigenvalue weighted by molar-refractivity contribution is -0.128. The molecule has 0 saturated carbocycles. The fraction of sp³-hybridized carbons (Fsp3) is 0.200. The molecule has 3 aromatic rings. The summed E-state index contributed by atoms with van der Waals surface area (Å²) in [7, 11) is 0. The first-order valence-corrected chi connectivity index (χ1v) is 12.9. The lowest BCUT2D eigenvalue weighted by atomic mass is 9.83. The van der Waals surface area contributed by atoms with Gasteiger partial charge < -0.3 is 19.9 Å². The zero-order valence-electron chi connectivity index (χ0n) is 20.7. The first-order chi connectivity index (χ1) is 18.4. The highest BCUT2D eigenvalue weighted by molar-refractivity contribution is 6.35. The second-order valence-electron chi connectivity index (χ2n) is 8.67. The van der Waals surface area contributed by atoms with E-state index < -0.39 is 11.9 Å². The van der Waals surface area contributed by atoms with Gasteiger partial charge in [0.05, 0.1) is 12.5 Å². The molecule has 4 rings (SSSR count). The van der Waals surface area contributed by atoms with Crippen molar-refractivity contribution in [1.29, 1.82) is 5.26 Å². The van der Waals surface area contributed by atoms with Crippen LogP contribution >= 0.6 is 23.2 Å². The normalized spacial score (nSPS) is 14.5. The summed E-state index contributed by atoms with van der Waals surface area (Å²) in [6.07, 6.45) is 6.00. The molecule has 0 spiro atoms. The number of halogens is 2. The van der Waals surface area contributed by atoms with E-state index in [4.69, 9.17) is 43.1 Å². The number of unbranched alkanes of at least 4 members (excludes halogenated alkanes) is 2. The Balaban J connectivity index is 1.55. The highest BCUT2D eigenvalue weighted by Crippen LogP contribution is 2.44. The maximum atomic E-state index is 12.4. The van der Waals surface area contributed by atoms with Crippen LogP contribution in [0.25, 0.3) is 6.08 Å². The Hall–Kier alpha value is -3.92. The molecule has 3 aromatic carbocycles. The molecule has 1 unspecified atom stereocenters. The molecule has 1 aliphatic rings. The number of hydrogen-bond acceptors (Lipinski definition) is 6. The Morgan fingerprint density at radius 3 is 2.71 bits per heavy atom. The van der Waals surface area contributed by atoms with Crippen molar-refractivity contribution in [3.8, 4) is 23.3 Å². The molecule has 2 N–H and O–H groups in total. The van der Waals surface area contributed by atoms with Crippen molar-refractivity contribution >= 4 is 35.2 Å². The number of ether oxygens (including phenoxy) is 3. The summed E-state index contributed by atoms with van der Waals surface area (Å²) in [6, 6.07) is 19.8. The van der Waals surface area contributed by atoms with Crippen molar-refractivity contribution in [3.63, 3.8) is 0 Å². The number of carbonyl (C=O) groups excluding carboxylic acids is 1. The van der Waals surface area contributed by atoms with E-state index in [1.165, 1.54) is 6.08 Å². The van der Waals surface area contributed by atoms with Crippen LogP contribution in [0.15, 0.2) is 78.2 Å². The molecule has 38 heavy (non-hydrogen) atoms. The minimum absolute atomic E-state index is 0.0000184. The van der Waals surface area contributed by atoms with E-state index in [0.717, 1.165) is 36.1 Å². The van der Waals surface area contributed by atoms with Crippen LogP contribution in [0.2, 0.25) is 10.0 Å². The van der Waals surface area contributed by atoms with Crippen LogP contribution in [0.4, 0.5) is 0 Å². The van der Waals surface area contributed by atoms with Gasteiger partial charge in [-0.05, 0) is 54.0 Å². The van der Waals surface area contributed by atoms with Gasteiger partial charge in [-0.3, -0.25) is 0 Å². The highest BCUT2D eigenvalue weighted by Gasteiger charge is 2.31. The van der Waals surface area contributed by atoms with E-state index in [-0.39, 0.29) is 11.6 Å². The van der Waals surface area contributed by atoms with Crippen molar-refractivity contribution in [2.24, 2.45) is 5.73 Å². The number of esters is 1. The molecule has 0 aromatic heterocycles. The maximum absolute atomic E-state index is 12.4. The molecule has 8 heteroatoms. The van der Waals surface area contributed by atoms with Gasteiger partial charge in [-0.1, -0.05) is 67.2 Å². The van der Waals surface area contributed by atoms with Gasteiger partial charge in [-0.15, -0.1) is 0 Å². The Morgan fingerprint density at radius 2 is 1.95 bits per heavy atom. The van der Waals surface area contributed by atoms with Crippen molar-refractivity contribution in [1.82, 2.24) is 0 Å². The van der Waals surface area contributed by atoms with Crippen LogP contribution in [0.3, 0.4) is 0 Å². The number of allylic oxidation sites excluding steroid dienone is 1. The first-order valence-electron chi connectivity index (χ1n) is 12.2. The number of benzene rings is 3. The third kappa shape index (κ3) is 6.49. The Kier molecular flexibility index (Phi) is 8.96. The average molecular weight is 549 g/mol. The Labute approximate surface area is 231 Å². The fourth-order valence-corrected chi connectivity index (χ4v) is 4.58. The standard InChI is InChI=1S/C30H26Cl2N2O4/c1-2-3-4-14-36-22-7-5-6-20(15-22)29-24-12-11-23(17-27(24)38-30(34)25(29)18-33)37-28(35)13-9-19-8-10-21(31)16-26(19)32/h5-13,15-17,29H,2-4,14,34H2,1H3/b13-9+. The summed E-state index contributed by atoms with van der Waals surface area (Å²) in [5.41, 5.74) is 8.63. The molecule has 1 heterocycles. The number of carbonyl (C=O) groups is 1. The molecule has 1 aliphatic heterocycles. The summed E-state index contributed by atoms with van der Waals surface area (Å²) in [6.45, 7) is 2.77. The number of rotatable bonds is 9. The lowest BCUT2D eigenvalue weighted by Gasteiger charge is -2.27. The third-order valence-electron chi connectivity index (χ3n) is 5.98. The number of hydrogen-bond donors (Lipinski definition) is 1. The number of nitriles is 1. The molecule has 1 atom stereocenters. The van der Waals surface area contributed by atoms with Crippen LogP contribution in [-0.2, 0) is 4.79 Å². The summed E-state index contributed by atoms with van der Waals surface area (Å²) in [5.74, 6) is 0.328. The van der Waals surface area contributed by atoms with Gasteiger partial charge in [0.15, 0.2) is 0 Å². The number of nitrogens with zero attached hydrogens (tertiary/aromatic N) is 1. The first kappa shape index (κ1) is 27.1. The van der Waals surface area contributed by atoms with E-state index in [9.17, 15) is 10.1 Å². The second-order valence-corrected chi connectivity index (χ2v) is 9.52. The average Bonchev–Trinajstić information content (AvgIpc) is 2.90. The van der Waals surface area contributed by atoms with Gasteiger partial charge in [-0.25, -0.2) is 4.79 Å². The van der Waals surface area contributed by atoms with E-state index in [1.54, 1.807) is 42.5 Å². The SMILES string of the molecule is CCCCCOc1cccc(C2C(C#N)=C(N)Oc3cc(OC(=O)/C=C/c4ccc(Cl)cc4Cl)ccc32)c1. The molecular weight excluding hydrogens is 523 g/mol. The third-order valence-corrected chi connectivity index (χ3v) is 6.54. The van der Waals surface area contributed by atoms with E-state index in [1.807, 2.05) is 24.3 Å². The van der Waals surface area contributed by atoms with Crippen LogP contribution in [0.5, 0.6) is 17.2 Å². The molecule has 0 amide bonds. The minimum atomic E-state index is -0.600. The maximum Gasteiger partial charge on any atom is 0.336 e. The monoisotopic (exact) mass is 548 g/mol. The van der Waals surface area contributed by atoms with Gasteiger partial charge in [0.1, 0.15) is 28.9 Å². The summed E-state index contributed by atoms with van der Waals surface area (Å²) in [4.78, 5) is 12.4. The Morgan fingerprint density at radius 1 is 1.11 bits per heavy atom. The van der Waals surface area contributed by atoms with Gasteiger partial charge in [0, 0.05) is 27.8 Å². The predicted molar refractivity (Wildman–Crippen MR) is 148 cm³/mol. The molecule has 0 saturated heterocycles. The molecule has 0 bridgehead atoms. The van der Waals surface area contributed by atoms with Crippen LogP contribution in [0.1, 0.15) is 48.8 Å². The number of fused-ring (bicyclic) bond motifs is 1. The quantitative estimate of drug-likeness (QED) is 0.129. The molecule has 0 radical (unpaired) electrons. The van der Waals surface area contributed by atoms with E-state index >= 15 is 0 Å². The van der Waals surface area contributed by atoms with Gasteiger partial charge in [0.25, 0.3) is 0 Å². The summed E-state index contributed by atoms with van der Waals surface area (Å²) < 4.78 is 17.1. The van der Waals surface area contributed by atoms with Crippen molar-refractivity contribution in [3.05, 3.63) is 105 Å². The molecule has 194 valence electrons. The molecule has 6 nitrogen and oxygen atoms in total. The molecule has 0 fully saturated rings. The fourth-order valence-electron chi connectivity index (χ4n) is 4.11. The zero-order chi connectivity index (χ0) is 27.1. The van der Waals surface area contributed by atoms with Crippen molar-refractivity contribution < 1.29 is 19.0 Å². The van der Waals surface area contributed by atoms with Gasteiger partial charge in [0.2, 0.25) is 5.88 Å². The van der Waals surface area contributed by atoms with E-state index in [0.29, 0.717) is 33.5 Å². The van der Waals surface area contributed by atoms with Crippen LogP contribution in [-0.4, -0.2) is 12.6 Å². The Bertz CT molecular complexity index is 1440. The largest absolute Gasteiger partial charge is 0.494 e. The lowest BCUT2D eigenvalue weighted by Crippen LogP contribution is -2.21. The number of nitrogens with two attached hydrogens (primary N) is 1. The van der Waals surface area contributed by atoms with E-state index in [2.05, 4.69) is 13.0 Å². The van der Waals surface area contributed by atoms with Crippen molar-refractivity contribution in [2.45, 2.75) is 32.1 Å². The molecule has 0 aliphatic carbocycles. The predicted octanol–water partition coefficient (Wildman–Crippen LogP) is 7.40. The second kappa shape index (κ2) is 12.6. The zero-order valence-corrected chi connectivity index (χ0v) is 22.3. The highest BCUT2D eigenvalue weighted by atomic mass is 35.5. The topological polar surface area (TPSA) is 94.6 Å². The summed E-state index contributed by atoms with van der Waals surface area (Å²) >= 11 is 12.1. The van der Waals surface area contributed by atoms with Gasteiger partial charge in [-0.2, -0.15) is 5.26 Å². The van der Waals surface area contributed by atoms with Crippen LogP contribution < -0.4 is 19.9 Å². The molecular formula is C30H26Cl2N2O4.